The molecule has 1 N–H and O–H groups in total. The third-order valence-electron chi connectivity index (χ3n) is 4.05. The van der Waals surface area contributed by atoms with Crippen LogP contribution in [0.1, 0.15) is 29.8 Å². The highest BCUT2D eigenvalue weighted by molar-refractivity contribution is 5.97. The van der Waals surface area contributed by atoms with Crippen molar-refractivity contribution in [3.63, 3.8) is 0 Å². The van der Waals surface area contributed by atoms with E-state index in [9.17, 15) is 9.59 Å². The van der Waals surface area contributed by atoms with Gasteiger partial charge in [-0.05, 0) is 30.7 Å². The van der Waals surface area contributed by atoms with E-state index in [4.69, 9.17) is 0 Å². The lowest BCUT2D eigenvalue weighted by Crippen LogP contribution is -2.41. The molecular weight excluding hydrogens is 292 g/mol. The number of nitrogens with zero attached hydrogens (tertiary/aromatic N) is 3. The molecule has 2 aromatic rings. The van der Waals surface area contributed by atoms with Crippen LogP contribution in [0.15, 0.2) is 36.7 Å². The first-order chi connectivity index (χ1) is 11.1. The predicted molar refractivity (Wildman–Crippen MR) is 85.7 cm³/mol. The number of pyridine rings is 2. The van der Waals surface area contributed by atoms with Crippen molar-refractivity contribution in [2.24, 2.45) is 0 Å². The standard InChI is InChI=1S/C17H18N4O2/c1-11-15(6-4-7-18-11)20-17(23)14-10-21(12(2)22)9-13-5-3-8-19-16(13)14/h3-8,14H,9-10H2,1-2H3,(H,20,23). The summed E-state index contributed by atoms with van der Waals surface area (Å²) < 4.78 is 0. The first-order valence-electron chi connectivity index (χ1n) is 7.48. The third-order valence-corrected chi connectivity index (χ3v) is 4.05. The minimum absolute atomic E-state index is 0.0464. The minimum Gasteiger partial charge on any atom is -0.337 e. The molecule has 0 aromatic carbocycles. The molecular formula is C17H18N4O2. The van der Waals surface area contributed by atoms with Crippen LogP contribution >= 0.6 is 0 Å². The Morgan fingerprint density at radius 1 is 1.22 bits per heavy atom. The van der Waals surface area contributed by atoms with E-state index in [2.05, 4.69) is 15.3 Å². The summed E-state index contributed by atoms with van der Waals surface area (Å²) in [4.78, 5) is 34.7. The largest absolute Gasteiger partial charge is 0.337 e. The number of hydrogen-bond donors (Lipinski definition) is 1. The number of rotatable bonds is 2. The van der Waals surface area contributed by atoms with Gasteiger partial charge in [0.15, 0.2) is 0 Å². The van der Waals surface area contributed by atoms with Crippen molar-refractivity contribution in [3.05, 3.63) is 53.6 Å². The van der Waals surface area contributed by atoms with Crippen molar-refractivity contribution in [2.45, 2.75) is 26.3 Å². The summed E-state index contributed by atoms with van der Waals surface area (Å²) in [6.45, 7) is 4.19. The Labute approximate surface area is 134 Å². The number of aromatic nitrogens is 2. The molecule has 0 saturated heterocycles. The quantitative estimate of drug-likeness (QED) is 0.919. The zero-order chi connectivity index (χ0) is 16.4. The lowest BCUT2D eigenvalue weighted by Gasteiger charge is -2.32. The first kappa shape index (κ1) is 15.1. The molecule has 1 atom stereocenters. The second-order valence-electron chi connectivity index (χ2n) is 5.63. The zero-order valence-electron chi connectivity index (χ0n) is 13.1. The predicted octanol–water partition coefficient (Wildman–Crippen LogP) is 1.87. The summed E-state index contributed by atoms with van der Waals surface area (Å²) in [7, 11) is 0. The molecule has 1 unspecified atom stereocenters. The van der Waals surface area contributed by atoms with Crippen LogP contribution in [0.25, 0.3) is 0 Å². The Morgan fingerprint density at radius 3 is 2.70 bits per heavy atom. The molecule has 1 aliphatic rings. The van der Waals surface area contributed by atoms with Crippen LogP contribution in [-0.4, -0.2) is 33.2 Å². The highest BCUT2D eigenvalue weighted by Gasteiger charge is 2.32. The molecule has 0 aliphatic carbocycles. The highest BCUT2D eigenvalue weighted by Crippen LogP contribution is 2.28. The SMILES string of the molecule is CC(=O)N1Cc2cccnc2C(C(=O)Nc2cccnc2C)C1. The minimum atomic E-state index is -0.483. The Morgan fingerprint density at radius 2 is 1.96 bits per heavy atom. The summed E-state index contributed by atoms with van der Waals surface area (Å²) >= 11 is 0. The van der Waals surface area contributed by atoms with Crippen LogP contribution in [0.4, 0.5) is 5.69 Å². The summed E-state index contributed by atoms with van der Waals surface area (Å²) in [5.41, 5.74) is 3.08. The van der Waals surface area contributed by atoms with Gasteiger partial charge in [-0.2, -0.15) is 0 Å². The fourth-order valence-electron chi connectivity index (χ4n) is 2.76. The van der Waals surface area contributed by atoms with Gasteiger partial charge in [-0.3, -0.25) is 19.6 Å². The molecule has 0 saturated carbocycles. The Balaban J connectivity index is 1.90. The molecule has 6 nitrogen and oxygen atoms in total. The van der Waals surface area contributed by atoms with Gasteiger partial charge in [0.05, 0.1) is 23.0 Å². The third kappa shape index (κ3) is 3.06. The smallest absolute Gasteiger partial charge is 0.235 e. The molecule has 6 heteroatoms. The molecule has 0 bridgehead atoms. The fraction of sp³-hybridized carbons (Fsp3) is 0.294. The van der Waals surface area contributed by atoms with Crippen LogP contribution in [0, 0.1) is 6.92 Å². The average Bonchev–Trinajstić information content (AvgIpc) is 2.55. The van der Waals surface area contributed by atoms with E-state index in [1.54, 1.807) is 23.4 Å². The maximum atomic E-state index is 12.7. The van der Waals surface area contributed by atoms with Gasteiger partial charge in [-0.1, -0.05) is 6.07 Å². The molecule has 1 aliphatic heterocycles. The summed E-state index contributed by atoms with van der Waals surface area (Å²) in [5.74, 6) is -0.703. The van der Waals surface area contributed by atoms with E-state index in [0.29, 0.717) is 18.8 Å². The van der Waals surface area contributed by atoms with E-state index in [1.165, 1.54) is 6.92 Å². The van der Waals surface area contributed by atoms with Crippen LogP contribution in [-0.2, 0) is 16.1 Å². The molecule has 118 valence electrons. The van der Waals surface area contributed by atoms with E-state index in [0.717, 1.165) is 17.0 Å². The van der Waals surface area contributed by atoms with Gasteiger partial charge < -0.3 is 10.2 Å². The molecule has 3 heterocycles. The van der Waals surface area contributed by atoms with E-state index in [1.807, 2.05) is 25.1 Å². The summed E-state index contributed by atoms with van der Waals surface area (Å²) in [6.07, 6.45) is 3.36. The molecule has 3 rings (SSSR count). The lowest BCUT2D eigenvalue weighted by molar-refractivity contribution is -0.131. The average molecular weight is 310 g/mol. The van der Waals surface area contributed by atoms with Crippen LogP contribution in [0.3, 0.4) is 0 Å². The summed E-state index contributed by atoms with van der Waals surface area (Å²) in [6, 6.07) is 7.32. The Bertz CT molecular complexity index is 760. The zero-order valence-corrected chi connectivity index (χ0v) is 13.1. The lowest BCUT2D eigenvalue weighted by atomic mass is 9.93. The van der Waals surface area contributed by atoms with Crippen molar-refractivity contribution >= 4 is 17.5 Å². The topological polar surface area (TPSA) is 75.2 Å². The van der Waals surface area contributed by atoms with Gasteiger partial charge >= 0.3 is 0 Å². The van der Waals surface area contributed by atoms with E-state index >= 15 is 0 Å². The number of aryl methyl sites for hydroxylation is 1. The Hall–Kier alpha value is -2.76. The number of fused-ring (bicyclic) bond motifs is 1. The summed E-state index contributed by atoms with van der Waals surface area (Å²) in [5, 5.41) is 2.90. The van der Waals surface area contributed by atoms with Gasteiger partial charge in [0.25, 0.3) is 0 Å². The second-order valence-corrected chi connectivity index (χ2v) is 5.63. The van der Waals surface area contributed by atoms with Crippen molar-refractivity contribution in [1.29, 1.82) is 0 Å². The number of anilines is 1. The molecule has 0 spiro atoms. The number of nitrogens with one attached hydrogen (secondary N) is 1. The molecule has 2 aromatic heterocycles. The van der Waals surface area contributed by atoms with Crippen molar-refractivity contribution < 1.29 is 9.59 Å². The normalized spacial score (nSPS) is 16.6. The number of carbonyl (C=O) groups is 2. The Kier molecular flexibility index (Phi) is 4.06. The van der Waals surface area contributed by atoms with Gasteiger partial charge in [0, 0.05) is 32.4 Å². The monoisotopic (exact) mass is 310 g/mol. The van der Waals surface area contributed by atoms with Crippen LogP contribution in [0.2, 0.25) is 0 Å². The van der Waals surface area contributed by atoms with Crippen LogP contribution < -0.4 is 5.32 Å². The maximum Gasteiger partial charge on any atom is 0.235 e. The van der Waals surface area contributed by atoms with E-state index < -0.39 is 5.92 Å². The van der Waals surface area contributed by atoms with Gasteiger partial charge in [-0.25, -0.2) is 0 Å². The van der Waals surface area contributed by atoms with E-state index in [-0.39, 0.29) is 11.8 Å². The number of hydrogen-bond acceptors (Lipinski definition) is 4. The van der Waals surface area contributed by atoms with Crippen molar-refractivity contribution in [3.8, 4) is 0 Å². The maximum absolute atomic E-state index is 12.7. The van der Waals surface area contributed by atoms with Gasteiger partial charge in [0.2, 0.25) is 11.8 Å². The molecule has 0 fully saturated rings. The van der Waals surface area contributed by atoms with Gasteiger partial charge in [0.1, 0.15) is 0 Å². The number of amides is 2. The van der Waals surface area contributed by atoms with Gasteiger partial charge in [-0.15, -0.1) is 0 Å². The fourth-order valence-corrected chi connectivity index (χ4v) is 2.76. The molecule has 0 radical (unpaired) electrons. The van der Waals surface area contributed by atoms with Crippen LogP contribution in [0.5, 0.6) is 0 Å². The molecule has 23 heavy (non-hydrogen) atoms. The first-order valence-corrected chi connectivity index (χ1v) is 7.48. The van der Waals surface area contributed by atoms with Crippen molar-refractivity contribution in [1.82, 2.24) is 14.9 Å². The van der Waals surface area contributed by atoms with Crippen molar-refractivity contribution in [2.75, 3.05) is 11.9 Å². The molecule has 2 amide bonds. The highest BCUT2D eigenvalue weighted by atomic mass is 16.2. The second kappa shape index (κ2) is 6.16. The number of carbonyl (C=O) groups excluding carboxylic acids is 2.